The maximum absolute atomic E-state index is 13.1. The van der Waals surface area contributed by atoms with Crippen molar-refractivity contribution < 1.29 is 14.6 Å². The summed E-state index contributed by atoms with van der Waals surface area (Å²) in [4.78, 5) is 20.3. The molecule has 7 heteroatoms. The molecule has 0 spiro atoms. The molecular weight excluding hydrogens is 374 g/mol. The van der Waals surface area contributed by atoms with Crippen LogP contribution in [0.4, 0.5) is 0 Å². The number of fused-ring (bicyclic) bond motifs is 1. The fraction of sp³-hybridized carbons (Fsp3) is 0.429. The summed E-state index contributed by atoms with van der Waals surface area (Å²) >= 11 is 1.45. The normalized spacial score (nSPS) is 19.9. The van der Waals surface area contributed by atoms with Crippen LogP contribution in [0, 0.1) is 13.8 Å². The number of aryl methyl sites for hydroxylation is 2. The van der Waals surface area contributed by atoms with E-state index in [0.717, 1.165) is 21.8 Å². The summed E-state index contributed by atoms with van der Waals surface area (Å²) in [6.45, 7) is 8.67. The highest BCUT2D eigenvalue weighted by Gasteiger charge is 2.36. The lowest BCUT2D eigenvalue weighted by atomic mass is 10.0. The van der Waals surface area contributed by atoms with E-state index in [0.29, 0.717) is 12.2 Å². The lowest BCUT2D eigenvalue weighted by Crippen LogP contribution is -2.31. The molecule has 3 heterocycles. The number of β-amino-alcohol motifs (C(OH)–C–C–N with tert-alkyl or cyclic N) is 1. The van der Waals surface area contributed by atoms with Crippen LogP contribution in [0.3, 0.4) is 0 Å². The van der Waals surface area contributed by atoms with E-state index in [1.807, 2.05) is 29.8 Å². The third-order valence-corrected chi connectivity index (χ3v) is 5.91. The molecule has 1 aliphatic heterocycles. The first kappa shape index (κ1) is 19.1. The number of likely N-dealkylation sites (tertiary alicyclic amines) is 1. The first-order chi connectivity index (χ1) is 13.3. The van der Waals surface area contributed by atoms with Gasteiger partial charge in [-0.15, -0.1) is 11.3 Å². The number of aliphatic hydroxyl groups excluding tert-OH is 1. The van der Waals surface area contributed by atoms with Gasteiger partial charge < -0.3 is 14.7 Å². The number of benzene rings is 1. The maximum atomic E-state index is 13.1. The van der Waals surface area contributed by atoms with E-state index in [2.05, 4.69) is 32.0 Å². The Hall–Kier alpha value is -2.22. The number of aromatic nitrogens is 2. The second kappa shape index (κ2) is 7.31. The minimum absolute atomic E-state index is 0.0105. The average molecular weight is 400 g/mol. The predicted octanol–water partition coefficient (Wildman–Crippen LogP) is 3.29. The first-order valence-corrected chi connectivity index (χ1v) is 10.4. The van der Waals surface area contributed by atoms with Crippen LogP contribution in [-0.4, -0.2) is 56.7 Å². The Morgan fingerprint density at radius 1 is 1.32 bits per heavy atom. The molecule has 6 nitrogen and oxygen atoms in total. The number of ether oxygens (including phenoxy) is 1. The maximum Gasteiger partial charge on any atom is 0.271 e. The molecule has 0 saturated carbocycles. The SMILES string of the molecule is Cc1ccc(C)c(-c2cn3c(C(=O)N4C[C@@H](O)[C@H](OC(C)C)C4)csc3n2)c1. The van der Waals surface area contributed by atoms with Crippen LogP contribution in [0.15, 0.2) is 29.8 Å². The Kier molecular flexibility index (Phi) is 4.99. The molecule has 2 atom stereocenters. The van der Waals surface area contributed by atoms with Crippen molar-refractivity contribution in [3.05, 3.63) is 46.6 Å². The molecule has 148 valence electrons. The van der Waals surface area contributed by atoms with E-state index >= 15 is 0 Å². The van der Waals surface area contributed by atoms with Crippen LogP contribution in [0.5, 0.6) is 0 Å². The van der Waals surface area contributed by atoms with Crippen LogP contribution in [0.2, 0.25) is 0 Å². The Bertz CT molecular complexity index is 1020. The van der Waals surface area contributed by atoms with E-state index in [9.17, 15) is 9.90 Å². The van der Waals surface area contributed by atoms with E-state index in [1.165, 1.54) is 16.9 Å². The monoisotopic (exact) mass is 399 g/mol. The summed E-state index contributed by atoms with van der Waals surface area (Å²) < 4.78 is 7.59. The summed E-state index contributed by atoms with van der Waals surface area (Å²) in [5.41, 5.74) is 4.85. The second-order valence-corrected chi connectivity index (χ2v) is 8.56. The van der Waals surface area contributed by atoms with Gasteiger partial charge >= 0.3 is 0 Å². The minimum atomic E-state index is -0.659. The number of amides is 1. The van der Waals surface area contributed by atoms with Crippen molar-refractivity contribution in [2.24, 2.45) is 0 Å². The molecule has 1 aliphatic rings. The number of carbonyl (C=O) groups excluding carboxylic acids is 1. The Morgan fingerprint density at radius 2 is 2.11 bits per heavy atom. The number of hydrogen-bond donors (Lipinski definition) is 1. The summed E-state index contributed by atoms with van der Waals surface area (Å²) in [7, 11) is 0. The van der Waals surface area contributed by atoms with Gasteiger partial charge in [0, 0.05) is 30.2 Å². The van der Waals surface area contributed by atoms with E-state index in [4.69, 9.17) is 9.72 Å². The van der Waals surface area contributed by atoms with Crippen molar-refractivity contribution in [3.8, 4) is 11.3 Å². The number of carbonyl (C=O) groups is 1. The van der Waals surface area contributed by atoms with Crippen molar-refractivity contribution in [1.82, 2.24) is 14.3 Å². The molecule has 0 bridgehead atoms. The molecule has 1 fully saturated rings. The molecule has 1 saturated heterocycles. The number of imidazole rings is 1. The fourth-order valence-corrected chi connectivity index (χ4v) is 4.49. The average Bonchev–Trinajstić information content (AvgIpc) is 3.31. The molecule has 28 heavy (non-hydrogen) atoms. The zero-order valence-corrected chi connectivity index (χ0v) is 17.4. The van der Waals surface area contributed by atoms with Crippen molar-refractivity contribution in [2.75, 3.05) is 13.1 Å². The van der Waals surface area contributed by atoms with Crippen molar-refractivity contribution in [1.29, 1.82) is 0 Å². The van der Waals surface area contributed by atoms with Gasteiger partial charge in [-0.1, -0.05) is 17.7 Å². The molecule has 0 unspecified atom stereocenters. The van der Waals surface area contributed by atoms with Gasteiger partial charge in [-0.05, 0) is 39.3 Å². The lowest BCUT2D eigenvalue weighted by Gasteiger charge is -2.18. The van der Waals surface area contributed by atoms with Gasteiger partial charge in [-0.3, -0.25) is 9.20 Å². The zero-order valence-electron chi connectivity index (χ0n) is 16.5. The Balaban J connectivity index is 1.62. The van der Waals surface area contributed by atoms with Crippen molar-refractivity contribution >= 4 is 22.2 Å². The molecule has 1 aromatic carbocycles. The quantitative estimate of drug-likeness (QED) is 0.731. The number of aliphatic hydroxyl groups is 1. The minimum Gasteiger partial charge on any atom is -0.388 e. The Labute approximate surface area is 168 Å². The largest absolute Gasteiger partial charge is 0.388 e. The van der Waals surface area contributed by atoms with E-state index in [-0.39, 0.29) is 24.7 Å². The molecule has 2 aromatic heterocycles. The highest BCUT2D eigenvalue weighted by Crippen LogP contribution is 2.28. The lowest BCUT2D eigenvalue weighted by molar-refractivity contribution is -0.0394. The highest BCUT2D eigenvalue weighted by atomic mass is 32.1. The smallest absolute Gasteiger partial charge is 0.271 e. The molecule has 0 aliphatic carbocycles. The standard InChI is InChI=1S/C21H25N3O3S/c1-12(2)27-19-10-23(9-18(19)25)20(26)17-11-28-21-22-16(8-24(17)21)15-7-13(3)5-6-14(15)4/h5-8,11-12,18-19,25H,9-10H2,1-4H3/t18-,19-/m1/s1. The highest BCUT2D eigenvalue weighted by molar-refractivity contribution is 7.15. The zero-order chi connectivity index (χ0) is 20.0. The van der Waals surface area contributed by atoms with E-state index < -0.39 is 6.10 Å². The molecular formula is C21H25N3O3S. The summed E-state index contributed by atoms with van der Waals surface area (Å²) in [6.07, 6.45) is 0.937. The third-order valence-electron chi connectivity index (χ3n) is 5.07. The third kappa shape index (κ3) is 3.45. The molecule has 4 rings (SSSR count). The molecule has 1 amide bonds. The number of rotatable bonds is 4. The predicted molar refractivity (Wildman–Crippen MR) is 110 cm³/mol. The van der Waals surface area contributed by atoms with Gasteiger partial charge in [0.1, 0.15) is 11.8 Å². The van der Waals surface area contributed by atoms with E-state index in [1.54, 1.807) is 4.90 Å². The first-order valence-electron chi connectivity index (χ1n) is 9.50. The second-order valence-electron chi connectivity index (χ2n) is 7.72. The number of hydrogen-bond acceptors (Lipinski definition) is 5. The summed E-state index contributed by atoms with van der Waals surface area (Å²) in [5.74, 6) is -0.106. The van der Waals surface area contributed by atoms with Crippen LogP contribution in [0.25, 0.3) is 16.2 Å². The molecule has 3 aromatic rings. The van der Waals surface area contributed by atoms with Gasteiger partial charge in [-0.2, -0.15) is 0 Å². The summed E-state index contributed by atoms with van der Waals surface area (Å²) in [6, 6.07) is 6.29. The topological polar surface area (TPSA) is 67.1 Å². The molecule has 1 N–H and O–H groups in total. The van der Waals surface area contributed by atoms with Gasteiger partial charge in [0.05, 0.1) is 17.9 Å². The van der Waals surface area contributed by atoms with Gasteiger partial charge in [-0.25, -0.2) is 4.98 Å². The van der Waals surface area contributed by atoms with Gasteiger partial charge in [0.2, 0.25) is 0 Å². The molecule has 0 radical (unpaired) electrons. The van der Waals surface area contributed by atoms with Crippen LogP contribution < -0.4 is 0 Å². The fourth-order valence-electron chi connectivity index (χ4n) is 3.65. The number of nitrogens with zero attached hydrogens (tertiary/aromatic N) is 3. The van der Waals surface area contributed by atoms with Gasteiger partial charge in [0.25, 0.3) is 5.91 Å². The van der Waals surface area contributed by atoms with Crippen molar-refractivity contribution in [3.63, 3.8) is 0 Å². The van der Waals surface area contributed by atoms with Crippen molar-refractivity contribution in [2.45, 2.75) is 46.0 Å². The van der Waals surface area contributed by atoms with Crippen LogP contribution >= 0.6 is 11.3 Å². The van der Waals surface area contributed by atoms with Crippen LogP contribution in [-0.2, 0) is 4.74 Å². The van der Waals surface area contributed by atoms with Gasteiger partial charge in [0.15, 0.2) is 4.96 Å². The van der Waals surface area contributed by atoms with Crippen LogP contribution in [0.1, 0.15) is 35.5 Å². The summed E-state index contributed by atoms with van der Waals surface area (Å²) in [5, 5.41) is 12.1. The number of thiazole rings is 1. The Morgan fingerprint density at radius 3 is 2.86 bits per heavy atom.